The molecule has 2 unspecified atom stereocenters. The first-order valence-electron chi connectivity index (χ1n) is 8.99. The minimum Gasteiger partial charge on any atom is -0.765 e. The second kappa shape index (κ2) is 9.65. The Labute approximate surface area is 181 Å². The molecule has 156 valence electrons. The molecule has 0 spiro atoms. The van der Waals surface area contributed by atoms with Crippen molar-refractivity contribution in [2.75, 3.05) is 0 Å². The Hall–Kier alpha value is -2.34. The van der Waals surface area contributed by atoms with Crippen LogP contribution in [0.3, 0.4) is 0 Å². The molecule has 3 aromatic rings. The van der Waals surface area contributed by atoms with E-state index in [1.54, 1.807) is 36.4 Å². The van der Waals surface area contributed by atoms with Crippen molar-refractivity contribution in [1.29, 1.82) is 0 Å². The number of carbonyl (C=O) groups is 1. The monoisotopic (exact) mass is 493 g/mol. The van der Waals surface area contributed by atoms with Crippen molar-refractivity contribution in [1.82, 2.24) is 0 Å². The van der Waals surface area contributed by atoms with Crippen LogP contribution in [-0.4, -0.2) is 11.9 Å². The zero-order chi connectivity index (χ0) is 21.7. The predicted molar refractivity (Wildman–Crippen MR) is 112 cm³/mol. The number of Topliss-reactive ketones (excluding diaryl/α,β-unsaturated/α-hetero) is 1. The summed E-state index contributed by atoms with van der Waals surface area (Å²) in [5.74, 6) is -0.762. The maximum Gasteiger partial charge on any atom is 0.310 e. The molecular weight excluding hydrogens is 477 g/mol. The smallest absolute Gasteiger partial charge is 0.310 e. The van der Waals surface area contributed by atoms with Gasteiger partial charge in [0.25, 0.3) is 0 Å². The largest absolute Gasteiger partial charge is 0.765 e. The Balaban J connectivity index is 1.89. The number of carbonyl (C=O) groups excluding carboxylic acids is 1. The molecule has 0 N–H and O–H groups in total. The van der Waals surface area contributed by atoms with E-state index in [0.717, 1.165) is 5.56 Å². The van der Waals surface area contributed by atoms with Gasteiger partial charge in [-0.2, -0.15) is 8.78 Å². The highest BCUT2D eigenvalue weighted by Crippen LogP contribution is 2.47. The van der Waals surface area contributed by atoms with Crippen LogP contribution >= 0.6 is 23.5 Å². The molecule has 3 aromatic carbocycles. The van der Waals surface area contributed by atoms with Gasteiger partial charge in [-0.15, -0.1) is 0 Å². The van der Waals surface area contributed by atoms with Crippen molar-refractivity contribution in [3.8, 4) is 5.75 Å². The van der Waals surface area contributed by atoms with Gasteiger partial charge in [0.1, 0.15) is 5.75 Å². The molecule has 0 bridgehead atoms. The lowest BCUT2D eigenvalue weighted by atomic mass is 9.85. The zero-order valence-corrected chi connectivity index (χ0v) is 18.1. The lowest BCUT2D eigenvalue weighted by molar-refractivity contribution is -0.202. The Kier molecular flexibility index (Phi) is 7.19. The molecular formula is C22H17BrF2O4P-. The molecule has 0 aromatic heterocycles. The van der Waals surface area contributed by atoms with Gasteiger partial charge in [-0.25, -0.2) is 0 Å². The fourth-order valence-corrected chi connectivity index (χ4v) is 4.15. The molecule has 0 radical (unpaired) electrons. The summed E-state index contributed by atoms with van der Waals surface area (Å²) in [5, 5.41) is 0. The van der Waals surface area contributed by atoms with Crippen molar-refractivity contribution >= 4 is 29.3 Å². The first-order valence-corrected chi connectivity index (χ1v) is 11.4. The van der Waals surface area contributed by atoms with Crippen LogP contribution in [0.25, 0.3) is 0 Å². The summed E-state index contributed by atoms with van der Waals surface area (Å²) in [5.41, 5.74) is 2.13. The maximum absolute atomic E-state index is 13.2. The third-order valence-corrected chi connectivity index (χ3v) is 6.03. The van der Waals surface area contributed by atoms with Crippen LogP contribution in [0.5, 0.6) is 5.75 Å². The first-order chi connectivity index (χ1) is 14.3. The van der Waals surface area contributed by atoms with Crippen molar-refractivity contribution in [3.63, 3.8) is 0 Å². The minimum atomic E-state index is -5.33. The van der Waals surface area contributed by atoms with Crippen LogP contribution in [-0.2, 0) is 11.0 Å². The fourth-order valence-electron chi connectivity index (χ4n) is 3.01. The average molecular weight is 494 g/mol. The molecule has 0 aliphatic heterocycles. The average Bonchev–Trinajstić information content (AvgIpc) is 2.74. The Bertz CT molecular complexity index is 1060. The van der Waals surface area contributed by atoms with Crippen LogP contribution in [0.4, 0.5) is 8.78 Å². The summed E-state index contributed by atoms with van der Waals surface area (Å²) < 4.78 is 41.2. The Morgan fingerprint density at radius 1 is 1.00 bits per heavy atom. The number of hydrogen-bond donors (Lipinski definition) is 0. The molecule has 8 heteroatoms. The topological polar surface area (TPSA) is 66.4 Å². The molecule has 0 saturated heterocycles. The summed E-state index contributed by atoms with van der Waals surface area (Å²) >= 11 is 3.16. The van der Waals surface area contributed by atoms with Gasteiger partial charge in [-0.1, -0.05) is 66.7 Å². The van der Waals surface area contributed by atoms with Crippen LogP contribution in [0, 0.1) is 0 Å². The summed E-state index contributed by atoms with van der Waals surface area (Å²) in [4.78, 5) is 24.5. The molecule has 0 heterocycles. The number of ketones is 1. The normalized spacial score (nSPS) is 14.2. The van der Waals surface area contributed by atoms with E-state index in [0.29, 0.717) is 17.5 Å². The molecule has 3 rings (SSSR count). The molecule has 0 aliphatic rings. The van der Waals surface area contributed by atoms with Crippen molar-refractivity contribution in [2.45, 2.75) is 18.5 Å². The van der Waals surface area contributed by atoms with Crippen molar-refractivity contribution in [2.24, 2.45) is 0 Å². The van der Waals surface area contributed by atoms with Crippen LogP contribution < -0.4 is 9.42 Å². The van der Waals surface area contributed by atoms with Gasteiger partial charge in [0.15, 0.2) is 5.78 Å². The van der Waals surface area contributed by atoms with E-state index in [1.165, 1.54) is 6.07 Å². The molecule has 4 nitrogen and oxygen atoms in total. The molecule has 0 aliphatic carbocycles. The van der Waals surface area contributed by atoms with Crippen LogP contribution in [0.15, 0.2) is 83.3 Å². The number of rotatable bonds is 8. The van der Waals surface area contributed by atoms with E-state index in [1.807, 2.05) is 36.4 Å². The second-order valence-electron chi connectivity index (χ2n) is 6.57. The summed E-state index contributed by atoms with van der Waals surface area (Å²) in [6.45, 7) is 0. The Morgan fingerprint density at radius 2 is 1.60 bits per heavy atom. The van der Waals surface area contributed by atoms with Crippen LogP contribution in [0.1, 0.15) is 27.4 Å². The SMILES string of the molecule is O=C(c1ccccc1)C(Cc1ccc(OP(=O)([O-])C(F)F)c(Br)c1)c1ccccc1. The molecule has 2 atom stereocenters. The summed E-state index contributed by atoms with van der Waals surface area (Å²) in [6, 6.07) is 22.6. The quantitative estimate of drug-likeness (QED) is 0.293. The zero-order valence-electron chi connectivity index (χ0n) is 15.6. The predicted octanol–water partition coefficient (Wildman–Crippen LogP) is 5.81. The lowest BCUT2D eigenvalue weighted by Crippen LogP contribution is -2.16. The highest BCUT2D eigenvalue weighted by molar-refractivity contribution is 9.10. The number of alkyl halides is 2. The standard InChI is InChI=1S/C22H18BrF2O4P/c23-19-14-15(11-12-20(19)29-30(27,28)22(24)25)13-18(16-7-3-1-4-8-16)21(26)17-9-5-2-6-10-17/h1-12,14,18,22H,13H2,(H,27,28)/p-1. The molecule has 0 saturated carbocycles. The fraction of sp³-hybridized carbons (Fsp3) is 0.136. The van der Waals surface area contributed by atoms with Crippen molar-refractivity contribution in [3.05, 3.63) is 100 Å². The van der Waals surface area contributed by atoms with E-state index >= 15 is 0 Å². The van der Waals surface area contributed by atoms with Gasteiger partial charge < -0.3 is 9.42 Å². The minimum absolute atomic E-state index is 0.0555. The van der Waals surface area contributed by atoms with E-state index in [9.17, 15) is 23.0 Å². The van der Waals surface area contributed by atoms with Gasteiger partial charge in [0, 0.05) is 5.56 Å². The van der Waals surface area contributed by atoms with E-state index < -0.39 is 19.7 Å². The first kappa shape index (κ1) is 22.3. The molecule has 30 heavy (non-hydrogen) atoms. The summed E-state index contributed by atoms with van der Waals surface area (Å²) in [6.07, 6.45) is -3.28. The third-order valence-electron chi connectivity index (χ3n) is 4.48. The summed E-state index contributed by atoms with van der Waals surface area (Å²) in [7, 11) is -5.33. The van der Waals surface area contributed by atoms with Crippen LogP contribution in [0.2, 0.25) is 0 Å². The van der Waals surface area contributed by atoms with Crippen molar-refractivity contribution < 1.29 is 27.6 Å². The highest BCUT2D eigenvalue weighted by Gasteiger charge is 2.25. The Morgan fingerprint density at radius 3 is 2.17 bits per heavy atom. The van der Waals surface area contributed by atoms with Gasteiger partial charge in [0.2, 0.25) is 7.60 Å². The second-order valence-corrected chi connectivity index (χ2v) is 9.08. The highest BCUT2D eigenvalue weighted by atomic mass is 79.9. The van der Waals surface area contributed by atoms with Gasteiger partial charge in [-0.05, 0) is 45.6 Å². The van der Waals surface area contributed by atoms with E-state index in [-0.39, 0.29) is 16.0 Å². The van der Waals surface area contributed by atoms with Gasteiger partial charge in [-0.3, -0.25) is 9.36 Å². The molecule has 0 fully saturated rings. The van der Waals surface area contributed by atoms with E-state index in [2.05, 4.69) is 20.5 Å². The van der Waals surface area contributed by atoms with Gasteiger partial charge in [0.05, 0.1) is 10.4 Å². The number of hydrogen-bond acceptors (Lipinski definition) is 4. The number of benzene rings is 3. The molecule has 0 amide bonds. The third kappa shape index (κ3) is 5.42. The van der Waals surface area contributed by atoms with E-state index in [4.69, 9.17) is 0 Å². The number of halogens is 3. The lowest BCUT2D eigenvalue weighted by Gasteiger charge is -2.23. The maximum atomic E-state index is 13.2. The van der Waals surface area contributed by atoms with Gasteiger partial charge >= 0.3 is 6.17 Å².